The topological polar surface area (TPSA) is 88.0 Å². The Hall–Kier alpha value is -2.89. The number of carbonyl (C=O) groups excluding carboxylic acids is 1. The summed E-state index contributed by atoms with van der Waals surface area (Å²) in [5.41, 5.74) is 2.90. The number of aryl methyl sites for hydroxylation is 2. The van der Waals surface area contributed by atoms with Crippen molar-refractivity contribution in [2.45, 2.75) is 46.6 Å². The van der Waals surface area contributed by atoms with Crippen molar-refractivity contribution >= 4 is 16.8 Å². The molecule has 3 aromatic rings. The van der Waals surface area contributed by atoms with Crippen LogP contribution in [0.2, 0.25) is 0 Å². The first-order valence-corrected chi connectivity index (χ1v) is 8.54. The summed E-state index contributed by atoms with van der Waals surface area (Å²) in [7, 11) is 0. The molecule has 6 nitrogen and oxygen atoms in total. The number of benzene rings is 1. The number of carbonyl (C=O) groups is 1. The second kappa shape index (κ2) is 6.44. The van der Waals surface area contributed by atoms with Gasteiger partial charge in [-0.1, -0.05) is 37.6 Å². The van der Waals surface area contributed by atoms with Crippen LogP contribution in [-0.4, -0.2) is 16.0 Å². The molecule has 1 aromatic carbocycles. The first-order valence-electron chi connectivity index (χ1n) is 8.54. The van der Waals surface area contributed by atoms with Crippen molar-refractivity contribution in [2.75, 3.05) is 0 Å². The number of rotatable bonds is 3. The summed E-state index contributed by atoms with van der Waals surface area (Å²) in [6, 6.07) is 7.64. The standard InChI is InChI=1S/C20H23N3O3/c1-11-6-7-15-13(8-11)9-14(18(24)22-15)10-21-19(25)16-12(2)26-23-17(16)20(3,4)5/h6-9H,10H2,1-5H3,(H,21,25)(H,22,24). The molecule has 2 heterocycles. The minimum Gasteiger partial charge on any atom is -0.361 e. The molecule has 26 heavy (non-hydrogen) atoms. The van der Waals surface area contributed by atoms with Crippen LogP contribution >= 0.6 is 0 Å². The number of H-pyrrole nitrogens is 1. The Bertz CT molecular complexity index is 1040. The Labute approximate surface area is 151 Å². The fourth-order valence-corrected chi connectivity index (χ4v) is 2.92. The summed E-state index contributed by atoms with van der Waals surface area (Å²) in [4.78, 5) is 27.8. The molecule has 2 N–H and O–H groups in total. The second-order valence-corrected chi connectivity index (χ2v) is 7.61. The third-order valence-corrected chi connectivity index (χ3v) is 4.32. The monoisotopic (exact) mass is 353 g/mol. The number of hydrogen-bond donors (Lipinski definition) is 2. The van der Waals surface area contributed by atoms with Gasteiger partial charge in [0.2, 0.25) is 0 Å². The number of aromatic nitrogens is 2. The maximum absolute atomic E-state index is 12.7. The van der Waals surface area contributed by atoms with Crippen molar-refractivity contribution in [1.82, 2.24) is 15.5 Å². The van der Waals surface area contributed by atoms with Crippen LogP contribution in [0.25, 0.3) is 10.9 Å². The van der Waals surface area contributed by atoms with Crippen LogP contribution in [0.4, 0.5) is 0 Å². The smallest absolute Gasteiger partial charge is 0.257 e. The number of nitrogens with one attached hydrogen (secondary N) is 2. The largest absolute Gasteiger partial charge is 0.361 e. The molecule has 0 aliphatic carbocycles. The molecule has 0 bridgehead atoms. The van der Waals surface area contributed by atoms with Gasteiger partial charge in [0, 0.05) is 23.0 Å². The number of aromatic amines is 1. The molecule has 0 saturated carbocycles. The van der Waals surface area contributed by atoms with Gasteiger partial charge in [0.1, 0.15) is 17.0 Å². The zero-order chi connectivity index (χ0) is 19.1. The molecule has 6 heteroatoms. The lowest BCUT2D eigenvalue weighted by Gasteiger charge is -2.16. The van der Waals surface area contributed by atoms with Crippen LogP contribution in [0.5, 0.6) is 0 Å². The van der Waals surface area contributed by atoms with Crippen LogP contribution in [0.15, 0.2) is 33.6 Å². The highest BCUT2D eigenvalue weighted by atomic mass is 16.5. The van der Waals surface area contributed by atoms with E-state index in [1.54, 1.807) is 6.92 Å². The number of pyridine rings is 1. The van der Waals surface area contributed by atoms with Gasteiger partial charge in [-0.05, 0) is 37.4 Å². The van der Waals surface area contributed by atoms with E-state index in [2.05, 4.69) is 15.5 Å². The van der Waals surface area contributed by atoms with Crippen LogP contribution < -0.4 is 10.9 Å². The zero-order valence-corrected chi connectivity index (χ0v) is 15.7. The predicted molar refractivity (Wildman–Crippen MR) is 100 cm³/mol. The lowest BCUT2D eigenvalue weighted by molar-refractivity contribution is 0.0947. The maximum Gasteiger partial charge on any atom is 0.257 e. The van der Waals surface area contributed by atoms with Crippen molar-refractivity contribution in [3.63, 3.8) is 0 Å². The molecule has 1 amide bonds. The van der Waals surface area contributed by atoms with Crippen LogP contribution in [-0.2, 0) is 12.0 Å². The van der Waals surface area contributed by atoms with Crippen LogP contribution in [0, 0.1) is 13.8 Å². The maximum atomic E-state index is 12.7. The van der Waals surface area contributed by atoms with E-state index >= 15 is 0 Å². The highest BCUT2D eigenvalue weighted by Gasteiger charge is 2.28. The van der Waals surface area contributed by atoms with Crippen molar-refractivity contribution in [3.05, 3.63) is 62.8 Å². The number of nitrogens with zero attached hydrogens (tertiary/aromatic N) is 1. The van der Waals surface area contributed by atoms with Gasteiger partial charge >= 0.3 is 0 Å². The van der Waals surface area contributed by atoms with Gasteiger partial charge in [-0.15, -0.1) is 0 Å². The molecular formula is C20H23N3O3. The Kier molecular flexibility index (Phi) is 4.44. The van der Waals surface area contributed by atoms with E-state index in [-0.39, 0.29) is 23.4 Å². The molecule has 3 rings (SSSR count). The molecule has 0 fully saturated rings. The number of hydrogen-bond acceptors (Lipinski definition) is 4. The van der Waals surface area contributed by atoms with Crippen molar-refractivity contribution in [3.8, 4) is 0 Å². The van der Waals surface area contributed by atoms with Crippen molar-refractivity contribution in [1.29, 1.82) is 0 Å². The summed E-state index contributed by atoms with van der Waals surface area (Å²) in [5.74, 6) is 0.174. The van der Waals surface area contributed by atoms with Gasteiger partial charge in [0.05, 0.1) is 0 Å². The van der Waals surface area contributed by atoms with E-state index in [1.807, 2.05) is 52.0 Å². The third-order valence-electron chi connectivity index (χ3n) is 4.32. The molecule has 0 aliphatic heterocycles. The van der Waals surface area contributed by atoms with Gasteiger partial charge < -0.3 is 14.8 Å². The SMILES string of the molecule is Cc1ccc2[nH]c(=O)c(CNC(=O)c3c(C(C)(C)C)noc3C)cc2c1. The predicted octanol–water partition coefficient (Wildman–Crippen LogP) is 3.36. The first kappa shape index (κ1) is 17.9. The van der Waals surface area contributed by atoms with E-state index in [1.165, 1.54) is 0 Å². The Morgan fingerprint density at radius 3 is 2.65 bits per heavy atom. The van der Waals surface area contributed by atoms with E-state index in [9.17, 15) is 9.59 Å². The summed E-state index contributed by atoms with van der Waals surface area (Å²) in [6.07, 6.45) is 0. The molecule has 0 unspecified atom stereocenters. The average molecular weight is 353 g/mol. The Morgan fingerprint density at radius 1 is 1.23 bits per heavy atom. The Morgan fingerprint density at radius 2 is 1.96 bits per heavy atom. The fraction of sp³-hybridized carbons (Fsp3) is 0.350. The molecule has 136 valence electrons. The summed E-state index contributed by atoms with van der Waals surface area (Å²) in [6.45, 7) is 9.75. The van der Waals surface area contributed by atoms with Gasteiger partial charge in [0.25, 0.3) is 11.5 Å². The van der Waals surface area contributed by atoms with Crippen molar-refractivity contribution in [2.24, 2.45) is 0 Å². The molecule has 0 saturated heterocycles. The minimum atomic E-state index is -0.317. The lowest BCUT2D eigenvalue weighted by Crippen LogP contribution is -2.29. The number of fused-ring (bicyclic) bond motifs is 1. The lowest BCUT2D eigenvalue weighted by atomic mass is 9.88. The molecule has 0 aliphatic rings. The summed E-state index contributed by atoms with van der Waals surface area (Å²) < 4.78 is 5.21. The van der Waals surface area contributed by atoms with Gasteiger partial charge in [-0.2, -0.15) is 0 Å². The van der Waals surface area contributed by atoms with E-state index in [0.29, 0.717) is 22.6 Å². The summed E-state index contributed by atoms with van der Waals surface area (Å²) in [5, 5.41) is 7.78. The van der Waals surface area contributed by atoms with E-state index in [4.69, 9.17) is 4.52 Å². The van der Waals surface area contributed by atoms with Gasteiger partial charge in [-0.25, -0.2) is 0 Å². The molecule has 2 aromatic heterocycles. The molecule has 0 spiro atoms. The van der Waals surface area contributed by atoms with E-state index < -0.39 is 0 Å². The highest BCUT2D eigenvalue weighted by molar-refractivity contribution is 5.96. The van der Waals surface area contributed by atoms with Crippen molar-refractivity contribution < 1.29 is 9.32 Å². The normalized spacial score (nSPS) is 11.7. The highest BCUT2D eigenvalue weighted by Crippen LogP contribution is 2.26. The van der Waals surface area contributed by atoms with E-state index in [0.717, 1.165) is 16.5 Å². The average Bonchev–Trinajstić information content (AvgIpc) is 2.95. The fourth-order valence-electron chi connectivity index (χ4n) is 2.92. The molecular weight excluding hydrogens is 330 g/mol. The minimum absolute atomic E-state index is 0.131. The quantitative estimate of drug-likeness (QED) is 0.756. The first-order chi connectivity index (χ1) is 12.2. The van der Waals surface area contributed by atoms with Gasteiger partial charge in [0.15, 0.2) is 0 Å². The Balaban J connectivity index is 1.87. The van der Waals surface area contributed by atoms with Crippen LogP contribution in [0.1, 0.15) is 53.7 Å². The number of amides is 1. The summed E-state index contributed by atoms with van der Waals surface area (Å²) >= 11 is 0. The molecule has 0 radical (unpaired) electrons. The second-order valence-electron chi connectivity index (χ2n) is 7.61. The molecule has 0 atom stereocenters. The third kappa shape index (κ3) is 3.40. The van der Waals surface area contributed by atoms with Crippen LogP contribution in [0.3, 0.4) is 0 Å². The zero-order valence-electron chi connectivity index (χ0n) is 15.7. The van der Waals surface area contributed by atoms with Gasteiger partial charge in [-0.3, -0.25) is 9.59 Å².